The fraction of sp³-hybridized carbons (Fsp3) is 0.438. The van der Waals surface area contributed by atoms with E-state index in [1.807, 2.05) is 0 Å². The quantitative estimate of drug-likeness (QED) is 0.896. The van der Waals surface area contributed by atoms with Crippen molar-refractivity contribution in [2.45, 2.75) is 20.3 Å². The largest absolute Gasteiger partial charge is 0.341 e. The van der Waals surface area contributed by atoms with Gasteiger partial charge in [0.05, 0.1) is 0 Å². The molecule has 1 fully saturated rings. The minimum atomic E-state index is -0.170. The van der Waals surface area contributed by atoms with Gasteiger partial charge < -0.3 is 15.1 Å². The summed E-state index contributed by atoms with van der Waals surface area (Å²) in [5.41, 5.74) is 1.15. The van der Waals surface area contributed by atoms with Crippen LogP contribution in [-0.4, -0.2) is 53.7 Å². The molecule has 6 heteroatoms. The molecule has 3 amide bonds. The Morgan fingerprint density at radius 1 is 1.00 bits per heavy atom. The number of anilines is 1. The minimum absolute atomic E-state index is 0.0435. The van der Waals surface area contributed by atoms with Gasteiger partial charge in [0.15, 0.2) is 0 Å². The number of nitrogens with one attached hydrogen (secondary N) is 1. The number of carbonyl (C=O) groups is 3. The van der Waals surface area contributed by atoms with Gasteiger partial charge in [0, 0.05) is 51.3 Å². The molecular formula is C16H21N3O3. The molecule has 0 saturated carbocycles. The van der Waals surface area contributed by atoms with Crippen molar-refractivity contribution in [2.24, 2.45) is 0 Å². The van der Waals surface area contributed by atoms with Crippen LogP contribution in [0.2, 0.25) is 0 Å². The number of hydrogen-bond acceptors (Lipinski definition) is 3. The molecule has 6 nitrogen and oxygen atoms in total. The molecule has 1 aliphatic rings. The molecule has 1 N–H and O–H groups in total. The zero-order valence-electron chi connectivity index (χ0n) is 13.0. The smallest absolute Gasteiger partial charge is 0.253 e. The number of hydrogen-bond donors (Lipinski definition) is 1. The Labute approximate surface area is 130 Å². The topological polar surface area (TPSA) is 69.7 Å². The number of rotatable bonds is 2. The summed E-state index contributed by atoms with van der Waals surface area (Å²) in [4.78, 5) is 38.6. The molecule has 1 aromatic rings. The summed E-state index contributed by atoms with van der Waals surface area (Å²) < 4.78 is 0. The second-order valence-electron chi connectivity index (χ2n) is 5.41. The van der Waals surface area contributed by atoms with Crippen molar-refractivity contribution in [1.82, 2.24) is 9.80 Å². The van der Waals surface area contributed by atoms with E-state index in [1.165, 1.54) is 6.92 Å². The van der Waals surface area contributed by atoms with Crippen LogP contribution < -0.4 is 5.32 Å². The standard InChI is InChI=1S/C16H21N3O3/c1-12(20)17-15-6-3-5-14(11-15)16(22)19-8-4-7-18(9-10-19)13(2)21/h3,5-6,11H,4,7-10H2,1-2H3,(H,17,20). The maximum atomic E-state index is 12.6. The predicted octanol–water partition coefficient (Wildman–Crippen LogP) is 1.34. The molecule has 0 aliphatic carbocycles. The van der Waals surface area contributed by atoms with Gasteiger partial charge in [-0.25, -0.2) is 0 Å². The van der Waals surface area contributed by atoms with Gasteiger partial charge in [-0.15, -0.1) is 0 Å². The Balaban J connectivity index is 2.07. The fourth-order valence-electron chi connectivity index (χ4n) is 2.55. The van der Waals surface area contributed by atoms with Crippen LogP contribution in [0, 0.1) is 0 Å². The molecule has 1 aromatic carbocycles. The molecule has 0 aromatic heterocycles. The highest BCUT2D eigenvalue weighted by Crippen LogP contribution is 2.14. The third-order valence-electron chi connectivity index (χ3n) is 3.66. The highest BCUT2D eigenvalue weighted by atomic mass is 16.2. The lowest BCUT2D eigenvalue weighted by molar-refractivity contribution is -0.128. The van der Waals surface area contributed by atoms with Crippen LogP contribution >= 0.6 is 0 Å². The molecule has 0 spiro atoms. The first-order valence-corrected chi connectivity index (χ1v) is 7.40. The second-order valence-corrected chi connectivity index (χ2v) is 5.41. The van der Waals surface area contributed by atoms with Gasteiger partial charge in [0.1, 0.15) is 0 Å². The lowest BCUT2D eigenvalue weighted by Gasteiger charge is -2.21. The van der Waals surface area contributed by atoms with Crippen molar-refractivity contribution in [3.63, 3.8) is 0 Å². The Kier molecular flexibility index (Phi) is 5.14. The van der Waals surface area contributed by atoms with Gasteiger partial charge in [-0.05, 0) is 24.6 Å². The molecule has 22 heavy (non-hydrogen) atoms. The summed E-state index contributed by atoms with van der Waals surface area (Å²) in [6.45, 7) is 5.39. The summed E-state index contributed by atoms with van der Waals surface area (Å²) in [5, 5.41) is 2.67. The fourth-order valence-corrected chi connectivity index (χ4v) is 2.55. The average molecular weight is 303 g/mol. The van der Waals surface area contributed by atoms with E-state index in [-0.39, 0.29) is 17.7 Å². The molecule has 0 bridgehead atoms. The molecule has 2 rings (SSSR count). The van der Waals surface area contributed by atoms with Gasteiger partial charge in [-0.1, -0.05) is 6.07 Å². The normalized spacial score (nSPS) is 15.2. The van der Waals surface area contributed by atoms with E-state index >= 15 is 0 Å². The predicted molar refractivity (Wildman–Crippen MR) is 83.5 cm³/mol. The summed E-state index contributed by atoms with van der Waals surface area (Å²) in [6.07, 6.45) is 0.775. The Morgan fingerprint density at radius 2 is 1.68 bits per heavy atom. The van der Waals surface area contributed by atoms with E-state index in [0.717, 1.165) is 6.42 Å². The van der Waals surface area contributed by atoms with E-state index < -0.39 is 0 Å². The summed E-state index contributed by atoms with van der Waals surface area (Å²) in [6, 6.07) is 6.91. The van der Waals surface area contributed by atoms with E-state index in [9.17, 15) is 14.4 Å². The summed E-state index contributed by atoms with van der Waals surface area (Å²) in [7, 11) is 0. The van der Waals surface area contributed by atoms with Gasteiger partial charge in [0.25, 0.3) is 5.91 Å². The van der Waals surface area contributed by atoms with Crippen LogP contribution in [0.1, 0.15) is 30.6 Å². The first kappa shape index (κ1) is 16.0. The molecule has 1 heterocycles. The Morgan fingerprint density at radius 3 is 2.36 bits per heavy atom. The highest BCUT2D eigenvalue weighted by Gasteiger charge is 2.21. The van der Waals surface area contributed by atoms with Gasteiger partial charge in [0.2, 0.25) is 11.8 Å². The van der Waals surface area contributed by atoms with Crippen molar-refractivity contribution >= 4 is 23.4 Å². The molecule has 1 aliphatic heterocycles. The van der Waals surface area contributed by atoms with Crippen LogP contribution in [0.4, 0.5) is 5.69 Å². The lowest BCUT2D eigenvalue weighted by atomic mass is 10.1. The van der Waals surface area contributed by atoms with Crippen molar-refractivity contribution in [3.05, 3.63) is 29.8 Å². The number of carbonyl (C=O) groups excluding carboxylic acids is 3. The molecule has 1 saturated heterocycles. The zero-order valence-corrected chi connectivity index (χ0v) is 13.0. The van der Waals surface area contributed by atoms with Crippen LogP contribution in [0.25, 0.3) is 0 Å². The van der Waals surface area contributed by atoms with Crippen LogP contribution in [0.15, 0.2) is 24.3 Å². The number of nitrogens with zero attached hydrogens (tertiary/aromatic N) is 2. The summed E-state index contributed by atoms with van der Waals surface area (Å²) in [5.74, 6) is -0.198. The Bertz CT molecular complexity index is 586. The minimum Gasteiger partial charge on any atom is -0.341 e. The maximum absolute atomic E-state index is 12.6. The molecule has 0 radical (unpaired) electrons. The van der Waals surface area contributed by atoms with E-state index in [1.54, 1.807) is 41.0 Å². The van der Waals surface area contributed by atoms with Crippen LogP contribution in [0.5, 0.6) is 0 Å². The van der Waals surface area contributed by atoms with E-state index in [2.05, 4.69) is 5.32 Å². The van der Waals surface area contributed by atoms with Gasteiger partial charge >= 0.3 is 0 Å². The maximum Gasteiger partial charge on any atom is 0.253 e. The summed E-state index contributed by atoms with van der Waals surface area (Å²) >= 11 is 0. The van der Waals surface area contributed by atoms with Crippen molar-refractivity contribution in [1.29, 1.82) is 0 Å². The molecular weight excluding hydrogens is 282 g/mol. The number of amides is 3. The lowest BCUT2D eigenvalue weighted by Crippen LogP contribution is -2.36. The zero-order chi connectivity index (χ0) is 16.1. The van der Waals surface area contributed by atoms with Crippen molar-refractivity contribution in [3.8, 4) is 0 Å². The SMILES string of the molecule is CC(=O)Nc1cccc(C(=O)N2CCCN(C(C)=O)CC2)c1. The third kappa shape index (κ3) is 4.07. The van der Waals surface area contributed by atoms with Crippen LogP contribution in [0.3, 0.4) is 0 Å². The second kappa shape index (κ2) is 7.06. The first-order chi connectivity index (χ1) is 10.5. The highest BCUT2D eigenvalue weighted by molar-refractivity contribution is 5.96. The molecule has 118 valence electrons. The van der Waals surface area contributed by atoms with Crippen molar-refractivity contribution in [2.75, 3.05) is 31.5 Å². The molecule has 0 atom stereocenters. The van der Waals surface area contributed by atoms with Gasteiger partial charge in [-0.3, -0.25) is 14.4 Å². The Hall–Kier alpha value is -2.37. The number of benzene rings is 1. The molecule has 0 unspecified atom stereocenters. The van der Waals surface area contributed by atoms with Crippen LogP contribution in [-0.2, 0) is 9.59 Å². The van der Waals surface area contributed by atoms with E-state index in [4.69, 9.17) is 0 Å². The third-order valence-corrected chi connectivity index (χ3v) is 3.66. The first-order valence-electron chi connectivity index (χ1n) is 7.40. The van der Waals surface area contributed by atoms with Crippen molar-refractivity contribution < 1.29 is 14.4 Å². The monoisotopic (exact) mass is 303 g/mol. The van der Waals surface area contributed by atoms with Gasteiger partial charge in [-0.2, -0.15) is 0 Å². The average Bonchev–Trinajstić information content (AvgIpc) is 2.72. The van der Waals surface area contributed by atoms with E-state index in [0.29, 0.717) is 37.4 Å².